The van der Waals surface area contributed by atoms with Crippen LogP contribution in [0.4, 0.5) is 4.39 Å². The Labute approximate surface area is 119 Å². The van der Waals surface area contributed by atoms with E-state index in [1.54, 1.807) is 12.1 Å². The summed E-state index contributed by atoms with van der Waals surface area (Å²) < 4.78 is 13.5. The summed E-state index contributed by atoms with van der Waals surface area (Å²) in [6, 6.07) is 11.1. The maximum absolute atomic E-state index is 13.5. The van der Waals surface area contributed by atoms with Gasteiger partial charge in [-0.2, -0.15) is 0 Å². The van der Waals surface area contributed by atoms with Crippen LogP contribution in [-0.2, 0) is 6.42 Å². The van der Waals surface area contributed by atoms with E-state index in [0.717, 1.165) is 17.5 Å². The number of hydrogen-bond donors (Lipinski definition) is 2. The molecule has 0 aliphatic heterocycles. The summed E-state index contributed by atoms with van der Waals surface area (Å²) in [6.07, 6.45) is 0.744. The average molecular weight is 272 g/mol. The van der Waals surface area contributed by atoms with Crippen LogP contribution in [0.3, 0.4) is 0 Å². The van der Waals surface area contributed by atoms with Crippen molar-refractivity contribution in [1.82, 2.24) is 5.43 Å². The molecule has 3 heteroatoms. The van der Waals surface area contributed by atoms with Crippen LogP contribution in [0.15, 0.2) is 36.4 Å². The minimum Gasteiger partial charge on any atom is -0.271 e. The second kappa shape index (κ2) is 6.16. The largest absolute Gasteiger partial charge is 0.271 e. The van der Waals surface area contributed by atoms with Crippen LogP contribution >= 0.6 is 0 Å². The summed E-state index contributed by atoms with van der Waals surface area (Å²) in [5.74, 6) is 5.46. The molecule has 1 unspecified atom stereocenters. The van der Waals surface area contributed by atoms with Crippen LogP contribution in [-0.4, -0.2) is 0 Å². The van der Waals surface area contributed by atoms with Crippen molar-refractivity contribution in [3.8, 4) is 0 Å². The number of hydrazine groups is 1. The first-order valence-electron chi connectivity index (χ1n) is 6.79. The Morgan fingerprint density at radius 3 is 2.45 bits per heavy atom. The Balaban J connectivity index is 2.33. The van der Waals surface area contributed by atoms with Gasteiger partial charge in [-0.1, -0.05) is 29.8 Å². The van der Waals surface area contributed by atoms with Gasteiger partial charge in [-0.05, 0) is 61.6 Å². The Kier molecular flexibility index (Phi) is 4.53. The molecule has 0 aromatic heterocycles. The molecule has 2 aromatic rings. The first-order valence-corrected chi connectivity index (χ1v) is 6.79. The Morgan fingerprint density at radius 1 is 1.05 bits per heavy atom. The molecule has 2 nitrogen and oxygen atoms in total. The number of hydrogen-bond acceptors (Lipinski definition) is 2. The standard InChI is InChI=1S/C17H21FN2/c1-11-4-5-12(2)14(8-11)9-17(20-19)16-10-15(18)7-6-13(16)3/h4-8,10,17,20H,9,19H2,1-3H3. The maximum Gasteiger partial charge on any atom is 0.123 e. The van der Waals surface area contributed by atoms with E-state index >= 15 is 0 Å². The Morgan fingerprint density at radius 2 is 1.75 bits per heavy atom. The lowest BCUT2D eigenvalue weighted by Crippen LogP contribution is -2.30. The first kappa shape index (κ1) is 14.7. The molecule has 20 heavy (non-hydrogen) atoms. The Bertz CT molecular complexity index is 608. The van der Waals surface area contributed by atoms with Crippen molar-refractivity contribution in [2.24, 2.45) is 5.84 Å². The summed E-state index contributed by atoms with van der Waals surface area (Å²) in [5.41, 5.74) is 8.45. The molecular formula is C17H21FN2. The molecule has 0 aliphatic rings. The lowest BCUT2D eigenvalue weighted by atomic mass is 9.93. The number of rotatable bonds is 4. The topological polar surface area (TPSA) is 38.0 Å². The highest BCUT2D eigenvalue weighted by Gasteiger charge is 2.15. The normalized spacial score (nSPS) is 12.4. The fourth-order valence-corrected chi connectivity index (χ4v) is 2.49. The zero-order valence-electron chi connectivity index (χ0n) is 12.2. The lowest BCUT2D eigenvalue weighted by molar-refractivity contribution is 0.540. The molecule has 0 amide bonds. The zero-order chi connectivity index (χ0) is 14.7. The van der Waals surface area contributed by atoms with Crippen LogP contribution in [0.1, 0.15) is 33.9 Å². The van der Waals surface area contributed by atoms with Gasteiger partial charge in [-0.15, -0.1) is 0 Å². The van der Waals surface area contributed by atoms with Gasteiger partial charge >= 0.3 is 0 Å². The molecule has 0 fully saturated rings. The van der Waals surface area contributed by atoms with E-state index in [1.165, 1.54) is 22.8 Å². The number of aryl methyl sites for hydroxylation is 3. The molecule has 0 aliphatic carbocycles. The van der Waals surface area contributed by atoms with E-state index in [4.69, 9.17) is 5.84 Å². The highest BCUT2D eigenvalue weighted by atomic mass is 19.1. The van der Waals surface area contributed by atoms with Crippen LogP contribution < -0.4 is 11.3 Å². The number of nitrogens with two attached hydrogens (primary N) is 1. The van der Waals surface area contributed by atoms with E-state index in [2.05, 4.69) is 37.5 Å². The summed E-state index contributed by atoms with van der Waals surface area (Å²) in [7, 11) is 0. The van der Waals surface area contributed by atoms with Gasteiger partial charge in [0, 0.05) is 0 Å². The molecule has 2 rings (SSSR count). The number of halogens is 1. The van der Waals surface area contributed by atoms with E-state index in [-0.39, 0.29) is 11.9 Å². The van der Waals surface area contributed by atoms with Gasteiger partial charge in [0.25, 0.3) is 0 Å². The second-order valence-electron chi connectivity index (χ2n) is 5.35. The summed E-state index contributed by atoms with van der Waals surface area (Å²) in [5, 5.41) is 0. The maximum atomic E-state index is 13.5. The van der Waals surface area contributed by atoms with Crippen molar-refractivity contribution in [2.75, 3.05) is 0 Å². The summed E-state index contributed by atoms with van der Waals surface area (Å²) >= 11 is 0. The van der Waals surface area contributed by atoms with Gasteiger partial charge in [0.1, 0.15) is 5.82 Å². The number of benzene rings is 2. The fraction of sp³-hybridized carbons (Fsp3) is 0.294. The van der Waals surface area contributed by atoms with Gasteiger partial charge in [-0.3, -0.25) is 11.3 Å². The predicted octanol–water partition coefficient (Wildman–Crippen LogP) is 3.50. The smallest absolute Gasteiger partial charge is 0.123 e. The second-order valence-corrected chi connectivity index (χ2v) is 5.35. The van der Waals surface area contributed by atoms with Crippen LogP contribution in [0.2, 0.25) is 0 Å². The highest BCUT2D eigenvalue weighted by Crippen LogP contribution is 2.24. The van der Waals surface area contributed by atoms with Crippen molar-refractivity contribution in [3.05, 3.63) is 70.0 Å². The Hall–Kier alpha value is -1.71. The summed E-state index contributed by atoms with van der Waals surface area (Å²) in [6.45, 7) is 6.13. The van der Waals surface area contributed by atoms with E-state index in [9.17, 15) is 4.39 Å². The third kappa shape index (κ3) is 3.24. The molecule has 0 spiro atoms. The average Bonchev–Trinajstić information content (AvgIpc) is 2.42. The third-order valence-corrected chi connectivity index (χ3v) is 3.75. The summed E-state index contributed by atoms with van der Waals surface area (Å²) in [4.78, 5) is 0. The van der Waals surface area contributed by atoms with Crippen molar-refractivity contribution in [1.29, 1.82) is 0 Å². The molecule has 0 saturated heterocycles. The fourth-order valence-electron chi connectivity index (χ4n) is 2.49. The molecule has 0 saturated carbocycles. The van der Waals surface area contributed by atoms with Gasteiger partial charge in [0.05, 0.1) is 6.04 Å². The first-order chi connectivity index (χ1) is 9.51. The molecule has 3 N–H and O–H groups in total. The van der Waals surface area contributed by atoms with Crippen molar-refractivity contribution in [2.45, 2.75) is 33.2 Å². The monoisotopic (exact) mass is 272 g/mol. The van der Waals surface area contributed by atoms with E-state index < -0.39 is 0 Å². The quantitative estimate of drug-likeness (QED) is 0.660. The molecule has 0 bridgehead atoms. The van der Waals surface area contributed by atoms with Gasteiger partial charge in [0.15, 0.2) is 0 Å². The molecule has 0 radical (unpaired) electrons. The lowest BCUT2D eigenvalue weighted by Gasteiger charge is -2.20. The molecule has 1 atom stereocenters. The minimum absolute atomic E-state index is 0.0915. The third-order valence-electron chi connectivity index (χ3n) is 3.75. The van der Waals surface area contributed by atoms with Crippen molar-refractivity contribution in [3.63, 3.8) is 0 Å². The van der Waals surface area contributed by atoms with Gasteiger partial charge < -0.3 is 0 Å². The number of nitrogens with one attached hydrogen (secondary N) is 1. The molecular weight excluding hydrogens is 251 g/mol. The zero-order valence-corrected chi connectivity index (χ0v) is 12.2. The highest BCUT2D eigenvalue weighted by molar-refractivity contribution is 5.35. The van der Waals surface area contributed by atoms with Crippen LogP contribution in [0.5, 0.6) is 0 Å². The molecule has 2 aromatic carbocycles. The van der Waals surface area contributed by atoms with E-state index in [1.807, 2.05) is 6.92 Å². The van der Waals surface area contributed by atoms with E-state index in [0.29, 0.717) is 0 Å². The van der Waals surface area contributed by atoms with Gasteiger partial charge in [-0.25, -0.2) is 4.39 Å². The molecule has 0 heterocycles. The van der Waals surface area contributed by atoms with Crippen molar-refractivity contribution >= 4 is 0 Å². The van der Waals surface area contributed by atoms with Crippen LogP contribution in [0.25, 0.3) is 0 Å². The minimum atomic E-state index is -0.230. The van der Waals surface area contributed by atoms with Gasteiger partial charge in [0.2, 0.25) is 0 Å². The SMILES string of the molecule is Cc1ccc(C)c(CC(NN)c2cc(F)ccc2C)c1. The van der Waals surface area contributed by atoms with Crippen molar-refractivity contribution < 1.29 is 4.39 Å². The van der Waals surface area contributed by atoms with Crippen LogP contribution in [0, 0.1) is 26.6 Å². The predicted molar refractivity (Wildman–Crippen MR) is 80.8 cm³/mol. The molecule has 106 valence electrons.